The van der Waals surface area contributed by atoms with Crippen LogP contribution in [0.25, 0.3) is 0 Å². The van der Waals surface area contributed by atoms with Crippen molar-refractivity contribution >= 4 is 0 Å². The number of aliphatic hydroxyl groups excluding tert-OH is 2. The number of ether oxygens (including phenoxy) is 3. The topological polar surface area (TPSA) is 80.2 Å². The standard InChI is InChI=1S/C25H49NO5/c1-4-5-6-7-8-9-10-11-12-13-14-15-16-17-18-26-21-22(20(28)19-27)29-24-23(21)30-25(2,3)31-24/h20-24,26-28H,4-19H2,1-3H3/t20-,21?,22-,23-,24-/m1/s1. The van der Waals surface area contributed by atoms with Gasteiger partial charge in [-0.25, -0.2) is 0 Å². The summed E-state index contributed by atoms with van der Waals surface area (Å²) >= 11 is 0. The summed E-state index contributed by atoms with van der Waals surface area (Å²) in [6.07, 6.45) is 16.7. The average Bonchev–Trinajstić information content (AvgIpc) is 3.22. The van der Waals surface area contributed by atoms with Gasteiger partial charge in [0.1, 0.15) is 18.3 Å². The van der Waals surface area contributed by atoms with Gasteiger partial charge in [0.15, 0.2) is 12.1 Å². The van der Waals surface area contributed by atoms with Crippen LogP contribution < -0.4 is 5.32 Å². The van der Waals surface area contributed by atoms with Crippen molar-refractivity contribution in [2.45, 2.75) is 147 Å². The van der Waals surface area contributed by atoms with Gasteiger partial charge in [-0.15, -0.1) is 0 Å². The molecule has 0 bridgehead atoms. The zero-order chi connectivity index (χ0) is 22.5. The van der Waals surface area contributed by atoms with Gasteiger partial charge in [-0.2, -0.15) is 0 Å². The monoisotopic (exact) mass is 443 g/mol. The average molecular weight is 444 g/mol. The lowest BCUT2D eigenvalue weighted by molar-refractivity contribution is -0.218. The van der Waals surface area contributed by atoms with Crippen LogP contribution >= 0.6 is 0 Å². The quantitative estimate of drug-likeness (QED) is 0.268. The second-order valence-corrected chi connectivity index (χ2v) is 9.90. The van der Waals surface area contributed by atoms with Crippen molar-refractivity contribution in [1.82, 2.24) is 5.32 Å². The van der Waals surface area contributed by atoms with Crippen molar-refractivity contribution in [1.29, 1.82) is 0 Å². The first-order chi connectivity index (χ1) is 15.0. The van der Waals surface area contributed by atoms with Crippen molar-refractivity contribution in [3.8, 4) is 0 Å². The van der Waals surface area contributed by atoms with Crippen molar-refractivity contribution in [2.75, 3.05) is 13.2 Å². The van der Waals surface area contributed by atoms with Crippen molar-refractivity contribution < 1.29 is 24.4 Å². The maximum atomic E-state index is 10.1. The second kappa shape index (κ2) is 14.8. The number of aliphatic hydroxyl groups is 2. The van der Waals surface area contributed by atoms with E-state index in [4.69, 9.17) is 14.2 Å². The Morgan fingerprint density at radius 2 is 1.32 bits per heavy atom. The van der Waals surface area contributed by atoms with Crippen molar-refractivity contribution in [3.05, 3.63) is 0 Å². The smallest absolute Gasteiger partial charge is 0.189 e. The summed E-state index contributed by atoms with van der Waals surface area (Å²) < 4.78 is 17.6. The summed E-state index contributed by atoms with van der Waals surface area (Å²) in [4.78, 5) is 0. The molecule has 1 unspecified atom stereocenters. The van der Waals surface area contributed by atoms with E-state index in [2.05, 4.69) is 12.2 Å². The molecule has 0 amide bonds. The van der Waals surface area contributed by atoms with Gasteiger partial charge in [0, 0.05) is 0 Å². The number of hydrogen-bond acceptors (Lipinski definition) is 6. The lowest BCUT2D eigenvalue weighted by Crippen LogP contribution is -2.50. The Hall–Kier alpha value is -0.240. The maximum Gasteiger partial charge on any atom is 0.189 e. The van der Waals surface area contributed by atoms with Crippen LogP contribution in [0.3, 0.4) is 0 Å². The fraction of sp³-hybridized carbons (Fsp3) is 1.00. The van der Waals surface area contributed by atoms with Gasteiger partial charge in [0.05, 0.1) is 12.6 Å². The summed E-state index contributed by atoms with van der Waals surface area (Å²) in [6, 6.07) is -0.170. The van der Waals surface area contributed by atoms with Gasteiger partial charge in [-0.1, -0.05) is 90.4 Å². The van der Waals surface area contributed by atoms with E-state index >= 15 is 0 Å². The van der Waals surface area contributed by atoms with Crippen LogP contribution in [0, 0.1) is 0 Å². The largest absolute Gasteiger partial charge is 0.394 e. The van der Waals surface area contributed by atoms with E-state index in [9.17, 15) is 10.2 Å². The van der Waals surface area contributed by atoms with Gasteiger partial charge in [0.25, 0.3) is 0 Å². The van der Waals surface area contributed by atoms with Crippen LogP contribution in [0.5, 0.6) is 0 Å². The molecule has 0 aromatic heterocycles. The van der Waals surface area contributed by atoms with E-state index in [0.29, 0.717) is 0 Å². The highest BCUT2D eigenvalue weighted by atomic mass is 16.8. The molecule has 2 heterocycles. The van der Waals surface area contributed by atoms with Crippen molar-refractivity contribution in [3.63, 3.8) is 0 Å². The van der Waals surface area contributed by atoms with Gasteiger partial charge in [0.2, 0.25) is 0 Å². The first-order valence-corrected chi connectivity index (χ1v) is 13.0. The van der Waals surface area contributed by atoms with E-state index in [-0.39, 0.29) is 18.8 Å². The van der Waals surface area contributed by atoms with Crippen LogP contribution in [0.2, 0.25) is 0 Å². The minimum atomic E-state index is -0.935. The fourth-order valence-electron chi connectivity index (χ4n) is 4.79. The molecule has 6 nitrogen and oxygen atoms in total. The Balaban J connectivity index is 1.48. The summed E-state index contributed by atoms with van der Waals surface area (Å²) in [5, 5.41) is 23.0. The Kier molecular flexibility index (Phi) is 12.9. The molecule has 0 radical (unpaired) electrons. The first kappa shape index (κ1) is 27.0. The highest BCUT2D eigenvalue weighted by molar-refractivity contribution is 5.00. The lowest BCUT2D eigenvalue weighted by atomic mass is 10.0. The molecule has 31 heavy (non-hydrogen) atoms. The van der Waals surface area contributed by atoms with Crippen LogP contribution in [0.1, 0.15) is 111 Å². The summed E-state index contributed by atoms with van der Waals surface area (Å²) in [5.74, 6) is -0.681. The molecule has 0 aromatic rings. The molecule has 0 aromatic carbocycles. The van der Waals surface area contributed by atoms with Gasteiger partial charge in [-0.05, 0) is 26.8 Å². The van der Waals surface area contributed by atoms with Crippen LogP contribution in [-0.2, 0) is 14.2 Å². The molecule has 2 aliphatic heterocycles. The van der Waals surface area contributed by atoms with Crippen molar-refractivity contribution in [2.24, 2.45) is 0 Å². The van der Waals surface area contributed by atoms with Crippen LogP contribution in [0.15, 0.2) is 0 Å². The third-order valence-corrected chi connectivity index (χ3v) is 6.56. The molecule has 184 valence electrons. The summed E-state index contributed by atoms with van der Waals surface area (Å²) in [6.45, 7) is 6.54. The molecule has 3 N–H and O–H groups in total. The number of nitrogens with one attached hydrogen (secondary N) is 1. The van der Waals surface area contributed by atoms with Gasteiger partial charge >= 0.3 is 0 Å². The molecule has 2 fully saturated rings. The molecular formula is C25H49NO5. The van der Waals surface area contributed by atoms with E-state index in [1.165, 1.54) is 83.5 Å². The molecule has 0 saturated carbocycles. The zero-order valence-electron chi connectivity index (χ0n) is 20.3. The number of rotatable bonds is 18. The summed E-state index contributed by atoms with van der Waals surface area (Å²) in [5.41, 5.74) is 0. The predicted molar refractivity (Wildman–Crippen MR) is 124 cm³/mol. The zero-order valence-corrected chi connectivity index (χ0v) is 20.3. The number of fused-ring (bicyclic) bond motifs is 1. The molecule has 2 saturated heterocycles. The minimum Gasteiger partial charge on any atom is -0.394 e. The third kappa shape index (κ3) is 9.65. The maximum absolute atomic E-state index is 10.1. The van der Waals surface area contributed by atoms with E-state index in [1.54, 1.807) is 0 Å². The third-order valence-electron chi connectivity index (χ3n) is 6.56. The molecule has 2 rings (SSSR count). The van der Waals surface area contributed by atoms with Crippen LogP contribution in [-0.4, -0.2) is 59.8 Å². The Labute approximate surface area is 190 Å². The molecule has 5 atom stereocenters. The van der Waals surface area contributed by atoms with Gasteiger partial charge in [-0.3, -0.25) is 0 Å². The molecule has 0 spiro atoms. The molecule has 2 aliphatic rings. The number of hydrogen-bond donors (Lipinski definition) is 3. The number of unbranched alkanes of at least 4 members (excludes halogenated alkanes) is 13. The molecule has 6 heteroatoms. The van der Waals surface area contributed by atoms with E-state index in [0.717, 1.165) is 13.0 Å². The minimum absolute atomic E-state index is 0.170. The summed E-state index contributed by atoms with van der Waals surface area (Å²) in [7, 11) is 0. The Morgan fingerprint density at radius 3 is 1.84 bits per heavy atom. The van der Waals surface area contributed by atoms with E-state index < -0.39 is 24.3 Å². The first-order valence-electron chi connectivity index (χ1n) is 13.0. The molecule has 0 aliphatic carbocycles. The predicted octanol–water partition coefficient (Wildman–Crippen LogP) is 4.66. The Morgan fingerprint density at radius 1 is 0.806 bits per heavy atom. The SMILES string of the molecule is CCCCCCCCCCCCCCCCNC1[C@H]2OC(C)(C)O[C@H]2O[C@@H]1[C@H](O)CO. The highest BCUT2D eigenvalue weighted by Gasteiger charge is 2.55. The lowest BCUT2D eigenvalue weighted by Gasteiger charge is -2.28. The second-order valence-electron chi connectivity index (χ2n) is 9.90. The fourth-order valence-corrected chi connectivity index (χ4v) is 4.79. The van der Waals surface area contributed by atoms with E-state index in [1.807, 2.05) is 13.8 Å². The molecular weight excluding hydrogens is 394 g/mol. The van der Waals surface area contributed by atoms with Crippen LogP contribution in [0.4, 0.5) is 0 Å². The normalized spacial score (nSPS) is 28.2. The highest BCUT2D eigenvalue weighted by Crippen LogP contribution is 2.38. The van der Waals surface area contributed by atoms with Gasteiger partial charge < -0.3 is 29.7 Å². The Bertz CT molecular complexity index is 461.